The van der Waals surface area contributed by atoms with Gasteiger partial charge in [-0.25, -0.2) is 0 Å². The minimum absolute atomic E-state index is 0.123. The van der Waals surface area contributed by atoms with Crippen molar-refractivity contribution in [1.29, 1.82) is 0 Å². The first-order chi connectivity index (χ1) is 9.19. The zero-order valence-corrected chi connectivity index (χ0v) is 11.6. The second-order valence-corrected chi connectivity index (χ2v) is 5.38. The molecule has 104 valence electrons. The highest BCUT2D eigenvalue weighted by atomic mass is 16.3. The summed E-state index contributed by atoms with van der Waals surface area (Å²) in [5, 5.41) is 9.44. The Labute approximate surface area is 115 Å². The first-order valence-electron chi connectivity index (χ1n) is 7.22. The van der Waals surface area contributed by atoms with Gasteiger partial charge in [-0.3, -0.25) is 4.79 Å². The number of aliphatic hydroxyl groups is 1. The van der Waals surface area contributed by atoms with Crippen LogP contribution >= 0.6 is 0 Å². The Morgan fingerprint density at radius 3 is 2.58 bits per heavy atom. The van der Waals surface area contributed by atoms with Crippen molar-refractivity contribution in [2.24, 2.45) is 0 Å². The molecule has 1 aliphatic heterocycles. The normalized spacial score (nSPS) is 18.8. The van der Waals surface area contributed by atoms with Crippen LogP contribution in [-0.4, -0.2) is 35.1 Å². The van der Waals surface area contributed by atoms with Crippen molar-refractivity contribution in [2.75, 3.05) is 13.1 Å². The zero-order chi connectivity index (χ0) is 13.7. The number of likely N-dealkylation sites (tertiary alicyclic amines) is 1. The van der Waals surface area contributed by atoms with Crippen LogP contribution in [0.25, 0.3) is 0 Å². The number of carbonyl (C=O) groups excluding carboxylic acids is 1. The lowest BCUT2D eigenvalue weighted by Crippen LogP contribution is -2.30. The molecular weight excluding hydrogens is 238 g/mol. The summed E-state index contributed by atoms with van der Waals surface area (Å²) in [5.74, 6) is 0.123. The van der Waals surface area contributed by atoms with Crippen LogP contribution < -0.4 is 0 Å². The van der Waals surface area contributed by atoms with E-state index >= 15 is 0 Å². The fraction of sp³-hybridized carbons (Fsp3) is 0.562. The van der Waals surface area contributed by atoms with Gasteiger partial charge in [0.05, 0.1) is 12.5 Å². The molecule has 0 spiro atoms. The van der Waals surface area contributed by atoms with E-state index in [1.165, 1.54) is 18.4 Å². The van der Waals surface area contributed by atoms with Gasteiger partial charge in [-0.2, -0.15) is 0 Å². The lowest BCUT2D eigenvalue weighted by Gasteiger charge is -2.15. The van der Waals surface area contributed by atoms with Crippen molar-refractivity contribution < 1.29 is 9.90 Å². The molecule has 3 nitrogen and oxygen atoms in total. The van der Waals surface area contributed by atoms with Gasteiger partial charge < -0.3 is 10.0 Å². The van der Waals surface area contributed by atoms with E-state index < -0.39 is 0 Å². The van der Waals surface area contributed by atoms with Gasteiger partial charge in [0.1, 0.15) is 0 Å². The summed E-state index contributed by atoms with van der Waals surface area (Å²) in [6.07, 6.45) is 4.35. The summed E-state index contributed by atoms with van der Waals surface area (Å²) in [6, 6.07) is 8.35. The standard InChI is InChI=1S/C16H23NO2/c1-2-3-4-13-5-7-14(8-6-13)11-16(19)17-10-9-15(18)12-17/h5-8,15,18H,2-4,9-12H2,1H3/t15-/m1/s1. The molecule has 1 heterocycles. The highest BCUT2D eigenvalue weighted by Crippen LogP contribution is 2.13. The van der Waals surface area contributed by atoms with Crippen LogP contribution in [0.1, 0.15) is 37.3 Å². The number of β-amino-alcohol motifs (C(OH)–C–C–N with tert-alkyl or cyclic N) is 1. The fourth-order valence-electron chi connectivity index (χ4n) is 2.46. The van der Waals surface area contributed by atoms with Gasteiger partial charge in [0.15, 0.2) is 0 Å². The van der Waals surface area contributed by atoms with Crippen molar-refractivity contribution in [3.63, 3.8) is 0 Å². The first kappa shape index (κ1) is 14.1. The van der Waals surface area contributed by atoms with Gasteiger partial charge in [0.2, 0.25) is 5.91 Å². The van der Waals surface area contributed by atoms with Crippen molar-refractivity contribution >= 4 is 5.91 Å². The van der Waals surface area contributed by atoms with Crippen LogP contribution in [0.3, 0.4) is 0 Å². The van der Waals surface area contributed by atoms with Crippen LogP contribution in [0.15, 0.2) is 24.3 Å². The summed E-state index contributed by atoms with van der Waals surface area (Å²) in [4.78, 5) is 13.8. The van der Waals surface area contributed by atoms with Crippen LogP contribution in [0.2, 0.25) is 0 Å². The van der Waals surface area contributed by atoms with Gasteiger partial charge in [0.25, 0.3) is 0 Å². The molecule has 1 aromatic carbocycles. The summed E-state index contributed by atoms with van der Waals surface area (Å²) < 4.78 is 0. The number of aliphatic hydroxyl groups excluding tert-OH is 1. The maximum Gasteiger partial charge on any atom is 0.227 e. The van der Waals surface area contributed by atoms with Gasteiger partial charge >= 0.3 is 0 Å². The predicted octanol–water partition coefficient (Wildman–Crippen LogP) is 2.16. The number of carbonyl (C=O) groups is 1. The smallest absolute Gasteiger partial charge is 0.227 e. The molecule has 1 saturated heterocycles. The Kier molecular flexibility index (Phi) is 4.97. The quantitative estimate of drug-likeness (QED) is 0.882. The second kappa shape index (κ2) is 6.71. The molecule has 0 saturated carbocycles. The predicted molar refractivity (Wildman–Crippen MR) is 76.0 cm³/mol. The minimum Gasteiger partial charge on any atom is -0.391 e. The second-order valence-electron chi connectivity index (χ2n) is 5.38. The number of unbranched alkanes of at least 4 members (excludes halogenated alkanes) is 1. The van der Waals surface area contributed by atoms with Crippen molar-refractivity contribution in [2.45, 2.75) is 45.1 Å². The largest absolute Gasteiger partial charge is 0.391 e. The van der Waals surface area contributed by atoms with E-state index in [-0.39, 0.29) is 12.0 Å². The molecule has 1 amide bonds. The third kappa shape index (κ3) is 4.06. The average molecular weight is 261 g/mol. The number of amides is 1. The molecule has 3 heteroatoms. The fourth-order valence-corrected chi connectivity index (χ4v) is 2.46. The summed E-state index contributed by atoms with van der Waals surface area (Å²) in [7, 11) is 0. The van der Waals surface area contributed by atoms with E-state index in [0.29, 0.717) is 25.9 Å². The van der Waals surface area contributed by atoms with E-state index in [0.717, 1.165) is 12.0 Å². The Morgan fingerprint density at radius 1 is 1.32 bits per heavy atom. The number of rotatable bonds is 5. The molecule has 0 bridgehead atoms. The molecule has 19 heavy (non-hydrogen) atoms. The molecule has 1 fully saturated rings. The Hall–Kier alpha value is -1.35. The van der Waals surface area contributed by atoms with Gasteiger partial charge in [-0.15, -0.1) is 0 Å². The zero-order valence-electron chi connectivity index (χ0n) is 11.6. The van der Waals surface area contributed by atoms with Gasteiger partial charge in [-0.1, -0.05) is 37.6 Å². The average Bonchev–Trinajstić information content (AvgIpc) is 2.85. The van der Waals surface area contributed by atoms with E-state index in [1.807, 2.05) is 0 Å². The van der Waals surface area contributed by atoms with Crippen LogP contribution in [-0.2, 0) is 17.6 Å². The van der Waals surface area contributed by atoms with Crippen molar-refractivity contribution in [1.82, 2.24) is 4.90 Å². The molecule has 1 aliphatic rings. The van der Waals surface area contributed by atoms with Crippen LogP contribution in [0.5, 0.6) is 0 Å². The molecule has 1 N–H and O–H groups in total. The van der Waals surface area contributed by atoms with Gasteiger partial charge in [0, 0.05) is 13.1 Å². The Morgan fingerprint density at radius 2 is 2.00 bits per heavy atom. The summed E-state index contributed by atoms with van der Waals surface area (Å²) in [6.45, 7) is 3.37. The maximum absolute atomic E-state index is 12.0. The number of aryl methyl sites for hydroxylation is 1. The maximum atomic E-state index is 12.0. The van der Waals surface area contributed by atoms with E-state index in [9.17, 15) is 9.90 Å². The Balaban J connectivity index is 1.87. The van der Waals surface area contributed by atoms with E-state index in [2.05, 4.69) is 31.2 Å². The highest BCUT2D eigenvalue weighted by Gasteiger charge is 2.24. The van der Waals surface area contributed by atoms with Crippen LogP contribution in [0.4, 0.5) is 0 Å². The monoisotopic (exact) mass is 261 g/mol. The minimum atomic E-state index is -0.333. The topological polar surface area (TPSA) is 40.5 Å². The first-order valence-corrected chi connectivity index (χ1v) is 7.22. The van der Waals surface area contributed by atoms with Crippen molar-refractivity contribution in [3.8, 4) is 0 Å². The number of benzene rings is 1. The molecule has 1 aromatic rings. The summed E-state index contributed by atoms with van der Waals surface area (Å²) >= 11 is 0. The van der Waals surface area contributed by atoms with E-state index in [1.54, 1.807) is 4.90 Å². The molecule has 0 unspecified atom stereocenters. The van der Waals surface area contributed by atoms with Gasteiger partial charge in [-0.05, 0) is 30.4 Å². The lowest BCUT2D eigenvalue weighted by atomic mass is 10.0. The summed E-state index contributed by atoms with van der Waals surface area (Å²) in [5.41, 5.74) is 2.40. The third-order valence-electron chi connectivity index (χ3n) is 3.71. The molecule has 1 atom stereocenters. The van der Waals surface area contributed by atoms with Crippen LogP contribution in [0, 0.1) is 0 Å². The molecule has 0 aromatic heterocycles. The SMILES string of the molecule is CCCCc1ccc(CC(=O)N2CC[C@@H](O)C2)cc1. The molecule has 0 radical (unpaired) electrons. The molecular formula is C16H23NO2. The number of hydrogen-bond acceptors (Lipinski definition) is 2. The third-order valence-corrected chi connectivity index (χ3v) is 3.71. The van der Waals surface area contributed by atoms with E-state index in [4.69, 9.17) is 0 Å². The Bertz CT molecular complexity index is 413. The number of nitrogens with zero attached hydrogens (tertiary/aromatic N) is 1. The van der Waals surface area contributed by atoms with Crippen molar-refractivity contribution in [3.05, 3.63) is 35.4 Å². The number of hydrogen-bond donors (Lipinski definition) is 1. The highest BCUT2D eigenvalue weighted by molar-refractivity contribution is 5.79. The molecule has 0 aliphatic carbocycles. The molecule has 2 rings (SSSR count). The lowest BCUT2D eigenvalue weighted by molar-refractivity contribution is -0.129.